The second-order valence-corrected chi connectivity index (χ2v) is 9.59. The first-order chi connectivity index (χ1) is 11.6. The molecule has 1 aliphatic heterocycles. The van der Waals surface area contributed by atoms with Crippen molar-refractivity contribution in [2.75, 3.05) is 12.4 Å². The van der Waals surface area contributed by atoms with Gasteiger partial charge in [-0.3, -0.25) is 4.79 Å². The summed E-state index contributed by atoms with van der Waals surface area (Å²) in [6.07, 6.45) is -1.04. The summed E-state index contributed by atoms with van der Waals surface area (Å²) in [7, 11) is -2.61. The van der Waals surface area contributed by atoms with Crippen molar-refractivity contribution in [3.05, 3.63) is 44.6 Å². The van der Waals surface area contributed by atoms with Gasteiger partial charge in [-0.05, 0) is 37.6 Å². The van der Waals surface area contributed by atoms with Crippen LogP contribution in [0.5, 0.6) is 0 Å². The zero-order valence-corrected chi connectivity index (χ0v) is 16.2. The van der Waals surface area contributed by atoms with Crippen LogP contribution in [0, 0.1) is 13.8 Å². The number of nitrogens with one attached hydrogen (secondary N) is 1. The Morgan fingerprint density at radius 1 is 1.32 bits per heavy atom. The fourth-order valence-corrected chi connectivity index (χ4v) is 5.84. The van der Waals surface area contributed by atoms with Crippen LogP contribution in [0.1, 0.15) is 21.2 Å². The van der Waals surface area contributed by atoms with Gasteiger partial charge >= 0.3 is 0 Å². The van der Waals surface area contributed by atoms with Gasteiger partial charge in [-0.15, -0.1) is 11.3 Å². The molecule has 0 bridgehead atoms. The number of halogens is 1. The Balaban J connectivity index is 2.00. The molecule has 1 aliphatic rings. The number of fused-ring (bicyclic) bond motifs is 1. The topological polar surface area (TPSA) is 89.4 Å². The lowest BCUT2D eigenvalue weighted by atomic mass is 10.0. The molecule has 6 nitrogen and oxygen atoms in total. The molecule has 0 fully saturated rings. The first kappa shape index (κ1) is 18.2. The van der Waals surface area contributed by atoms with E-state index in [1.54, 1.807) is 25.1 Å². The van der Waals surface area contributed by atoms with Gasteiger partial charge in [-0.25, -0.2) is 12.7 Å². The van der Waals surface area contributed by atoms with Crippen LogP contribution in [0.2, 0.25) is 5.02 Å². The molecule has 9 heteroatoms. The highest BCUT2D eigenvalue weighted by molar-refractivity contribution is 7.90. The molecule has 1 amide bonds. The quantitative estimate of drug-likeness (QED) is 0.631. The van der Waals surface area contributed by atoms with Crippen molar-refractivity contribution >= 4 is 44.6 Å². The maximum atomic E-state index is 12.6. The van der Waals surface area contributed by atoms with E-state index in [-0.39, 0.29) is 4.90 Å². The predicted molar refractivity (Wildman–Crippen MR) is 99.0 cm³/mol. The van der Waals surface area contributed by atoms with Gasteiger partial charge in [0.15, 0.2) is 5.92 Å². The molecule has 3 rings (SSSR count). The average molecular weight is 402 g/mol. The van der Waals surface area contributed by atoms with E-state index in [9.17, 15) is 13.2 Å². The Morgan fingerprint density at radius 3 is 2.64 bits per heavy atom. The zero-order chi connectivity index (χ0) is 18.5. The van der Waals surface area contributed by atoms with Gasteiger partial charge in [-0.1, -0.05) is 17.7 Å². The molecule has 1 aromatic heterocycles. The highest BCUT2D eigenvalue weighted by Gasteiger charge is 2.47. The third kappa shape index (κ3) is 3.03. The summed E-state index contributed by atoms with van der Waals surface area (Å²) in [5, 5.41) is 11.9. The summed E-state index contributed by atoms with van der Waals surface area (Å²) < 4.78 is 25.6. The van der Waals surface area contributed by atoms with Crippen molar-refractivity contribution in [3.8, 4) is 0 Å². The van der Waals surface area contributed by atoms with Crippen molar-refractivity contribution in [2.24, 2.45) is 0 Å². The number of carbonyl (C=O) groups is 1. The molecule has 0 saturated carbocycles. The van der Waals surface area contributed by atoms with Gasteiger partial charge in [0.25, 0.3) is 15.9 Å². The molecule has 0 spiro atoms. The van der Waals surface area contributed by atoms with Gasteiger partial charge < -0.3 is 10.4 Å². The lowest BCUT2D eigenvalue weighted by Crippen LogP contribution is -2.46. The molecule has 3 N–H and O–H groups in total. The standard InChI is InChI=1S/C16H17ClN2O4S2/c1-8-4-5-10(7-11(8)17)18-15(20)13-14-12(6-9(2)24-14)25(22,23)19(3)16(13)21/h4-7,13,15,18,20H,1-3H3/p+1. The van der Waals surface area contributed by atoms with E-state index in [0.29, 0.717) is 15.6 Å². The number of thiophene rings is 1. The maximum Gasteiger partial charge on any atom is 0.267 e. The van der Waals surface area contributed by atoms with Gasteiger partial charge in [0, 0.05) is 27.5 Å². The van der Waals surface area contributed by atoms with Gasteiger partial charge in [0.1, 0.15) is 4.90 Å². The number of hydrogen-bond donors (Lipinski definition) is 1. The third-order valence-corrected chi connectivity index (χ3v) is 7.64. The molecule has 1 aromatic carbocycles. The fourth-order valence-electron chi connectivity index (χ4n) is 2.74. The van der Waals surface area contributed by atoms with Crippen LogP contribution in [0.3, 0.4) is 0 Å². The van der Waals surface area contributed by atoms with Crippen LogP contribution in [-0.4, -0.2) is 37.0 Å². The molecule has 2 aromatic rings. The van der Waals surface area contributed by atoms with E-state index in [0.717, 1.165) is 14.7 Å². The lowest BCUT2D eigenvalue weighted by Gasteiger charge is -2.30. The van der Waals surface area contributed by atoms with E-state index in [1.165, 1.54) is 18.4 Å². The van der Waals surface area contributed by atoms with Gasteiger partial charge in [-0.2, -0.15) is 0 Å². The summed E-state index contributed by atoms with van der Waals surface area (Å²) in [4.78, 5) is 13.9. The molecular weight excluding hydrogens is 384 g/mol. The SMILES string of the molecule is Cc1cc2c(s1)C(C([OH2+])Nc1ccc(C)c(Cl)c1)C(=O)N(C)S2(=O)=O. The molecule has 2 unspecified atom stereocenters. The summed E-state index contributed by atoms with van der Waals surface area (Å²) in [5.74, 6) is -1.51. The number of anilines is 1. The van der Waals surface area contributed by atoms with Crippen molar-refractivity contribution in [1.29, 1.82) is 0 Å². The molecule has 0 aliphatic carbocycles. The molecular formula is C16H18ClN2O4S2+. The minimum absolute atomic E-state index is 0.114. The molecule has 134 valence electrons. The normalized spacial score (nSPS) is 20.3. The largest absolute Gasteiger partial charge is 0.426 e. The highest BCUT2D eigenvalue weighted by Crippen LogP contribution is 2.41. The van der Waals surface area contributed by atoms with E-state index >= 15 is 0 Å². The molecule has 2 heterocycles. The third-order valence-electron chi connectivity index (χ3n) is 4.17. The summed E-state index contributed by atoms with van der Waals surface area (Å²) in [6.45, 7) is 3.65. The molecule has 0 saturated heterocycles. The minimum atomic E-state index is -3.84. The first-order valence-corrected chi connectivity index (χ1v) is 10.1. The number of benzene rings is 1. The smallest absolute Gasteiger partial charge is 0.267 e. The van der Waals surface area contributed by atoms with Crippen LogP contribution < -0.4 is 5.32 Å². The minimum Gasteiger partial charge on any atom is -0.426 e. The first-order valence-electron chi connectivity index (χ1n) is 7.50. The Labute approximate surface area is 155 Å². The number of sulfonamides is 1. The number of hydrogen-bond acceptors (Lipinski definition) is 5. The summed E-state index contributed by atoms with van der Waals surface area (Å²) in [6, 6.07) is 6.84. The molecule has 25 heavy (non-hydrogen) atoms. The van der Waals surface area contributed by atoms with Crippen molar-refractivity contribution in [1.82, 2.24) is 4.31 Å². The van der Waals surface area contributed by atoms with Crippen molar-refractivity contribution in [3.63, 3.8) is 0 Å². The van der Waals surface area contributed by atoms with Gasteiger partial charge in [0.05, 0.1) is 0 Å². The Kier molecular flexibility index (Phi) is 4.57. The van der Waals surface area contributed by atoms with E-state index < -0.39 is 28.1 Å². The average Bonchev–Trinajstić information content (AvgIpc) is 2.92. The van der Waals surface area contributed by atoms with E-state index in [1.807, 2.05) is 13.0 Å². The van der Waals surface area contributed by atoms with Crippen LogP contribution in [-0.2, 0) is 14.8 Å². The van der Waals surface area contributed by atoms with E-state index in [4.69, 9.17) is 16.7 Å². The van der Waals surface area contributed by atoms with Gasteiger partial charge in [0.2, 0.25) is 6.23 Å². The monoisotopic (exact) mass is 401 g/mol. The summed E-state index contributed by atoms with van der Waals surface area (Å²) >= 11 is 7.34. The number of likely N-dealkylation sites (N-methyl/N-ethyl adjacent to an activating group) is 1. The zero-order valence-electron chi connectivity index (χ0n) is 13.8. The highest BCUT2D eigenvalue weighted by atomic mass is 35.5. The number of carbonyl (C=O) groups excluding carboxylic acids is 1. The predicted octanol–water partition coefficient (Wildman–Crippen LogP) is 2.43. The Morgan fingerprint density at radius 2 is 2.00 bits per heavy atom. The Hall–Kier alpha value is -1.61. The molecule has 0 radical (unpaired) electrons. The lowest BCUT2D eigenvalue weighted by molar-refractivity contribution is -0.129. The number of nitrogens with zero attached hydrogens (tertiary/aromatic N) is 1. The Bertz CT molecular complexity index is 955. The van der Waals surface area contributed by atoms with Crippen molar-refractivity contribution < 1.29 is 18.3 Å². The van der Waals surface area contributed by atoms with Crippen LogP contribution in [0.4, 0.5) is 5.69 Å². The second kappa shape index (κ2) is 6.28. The van der Waals surface area contributed by atoms with E-state index in [2.05, 4.69) is 5.32 Å². The van der Waals surface area contributed by atoms with Crippen LogP contribution >= 0.6 is 22.9 Å². The number of aryl methyl sites for hydroxylation is 2. The van der Waals surface area contributed by atoms with Crippen molar-refractivity contribution in [2.45, 2.75) is 30.9 Å². The summed E-state index contributed by atoms with van der Waals surface area (Å²) in [5.41, 5.74) is 1.51. The van der Waals surface area contributed by atoms with Crippen LogP contribution in [0.25, 0.3) is 0 Å². The maximum absolute atomic E-state index is 12.6. The second-order valence-electron chi connectivity index (χ2n) is 5.96. The molecule has 2 atom stereocenters. The number of amides is 1. The van der Waals surface area contributed by atoms with Crippen LogP contribution in [0.15, 0.2) is 29.2 Å². The fraction of sp³-hybridized carbons (Fsp3) is 0.312. The number of rotatable bonds is 3.